The second kappa shape index (κ2) is 4.89. The van der Waals surface area contributed by atoms with E-state index in [0.717, 1.165) is 12.2 Å². The predicted octanol–water partition coefficient (Wildman–Crippen LogP) is 4.96. The minimum atomic E-state index is 0.902. The topological polar surface area (TPSA) is 6.48 Å². The minimum absolute atomic E-state index is 0.902. The predicted molar refractivity (Wildman–Crippen MR) is 97.8 cm³/mol. The minimum Gasteiger partial charge on any atom is -0.378 e. The highest BCUT2D eigenvalue weighted by atomic mass is 32.1. The van der Waals surface area contributed by atoms with Crippen LogP contribution < -0.4 is 9.80 Å². The zero-order valence-electron chi connectivity index (χ0n) is 12.8. The van der Waals surface area contributed by atoms with Crippen LogP contribution in [0.25, 0.3) is 15.8 Å². The summed E-state index contributed by atoms with van der Waals surface area (Å²) in [7, 11) is 4.14. The molecule has 0 saturated carbocycles. The molecule has 22 heavy (non-hydrogen) atoms. The van der Waals surface area contributed by atoms with Crippen LogP contribution in [-0.4, -0.2) is 14.1 Å². The molecule has 0 radical (unpaired) electrons. The Balaban J connectivity index is 1.74. The van der Waals surface area contributed by atoms with Crippen molar-refractivity contribution in [1.82, 2.24) is 0 Å². The molecular weight excluding hydrogens is 288 g/mol. The summed E-state index contributed by atoms with van der Waals surface area (Å²) in [4.78, 5) is 4.44. The molecule has 0 aliphatic carbocycles. The maximum atomic E-state index is 4.33. The zero-order valence-corrected chi connectivity index (χ0v) is 13.7. The highest BCUT2D eigenvalue weighted by molar-refractivity contribution is 7.17. The summed E-state index contributed by atoms with van der Waals surface area (Å²) in [6.07, 6.45) is 0. The van der Waals surface area contributed by atoms with Crippen molar-refractivity contribution in [2.45, 2.75) is 6.54 Å². The Morgan fingerprint density at radius 1 is 1.09 bits per heavy atom. The molecule has 0 unspecified atom stereocenters. The first-order valence-corrected chi connectivity index (χ1v) is 8.26. The van der Waals surface area contributed by atoms with Crippen LogP contribution in [0, 0.1) is 0 Å². The fraction of sp³-hybridized carbons (Fsp3) is 0.158. The van der Waals surface area contributed by atoms with Gasteiger partial charge in [-0.25, -0.2) is 0 Å². The first-order valence-electron chi connectivity index (χ1n) is 7.38. The highest BCUT2D eigenvalue weighted by Gasteiger charge is 2.24. The lowest BCUT2D eigenvalue weighted by Gasteiger charge is -2.19. The van der Waals surface area contributed by atoms with Gasteiger partial charge in [-0.1, -0.05) is 18.7 Å². The van der Waals surface area contributed by atoms with Crippen LogP contribution in [0.5, 0.6) is 0 Å². The Morgan fingerprint density at radius 3 is 2.77 bits per heavy atom. The molecule has 3 heteroatoms. The first kappa shape index (κ1) is 13.4. The Kier molecular flexibility index (Phi) is 2.98. The second-order valence-electron chi connectivity index (χ2n) is 5.91. The molecule has 0 N–H and O–H groups in total. The van der Waals surface area contributed by atoms with E-state index in [1.807, 2.05) is 0 Å². The number of hydrogen-bond acceptors (Lipinski definition) is 3. The van der Waals surface area contributed by atoms with E-state index in [0.29, 0.717) is 0 Å². The summed E-state index contributed by atoms with van der Waals surface area (Å²) in [5, 5.41) is 3.46. The number of hydrogen-bond donors (Lipinski definition) is 0. The van der Waals surface area contributed by atoms with Gasteiger partial charge < -0.3 is 9.80 Å². The molecule has 0 amide bonds. The molecule has 0 saturated heterocycles. The Labute approximate surface area is 134 Å². The van der Waals surface area contributed by atoms with Crippen molar-refractivity contribution in [3.63, 3.8) is 0 Å². The molecule has 0 fully saturated rings. The van der Waals surface area contributed by atoms with Crippen molar-refractivity contribution < 1.29 is 0 Å². The van der Waals surface area contributed by atoms with Gasteiger partial charge in [0.1, 0.15) is 0 Å². The average molecular weight is 306 g/mol. The van der Waals surface area contributed by atoms with Gasteiger partial charge in [-0.05, 0) is 46.7 Å². The van der Waals surface area contributed by atoms with Crippen LogP contribution in [0.15, 0.2) is 54.4 Å². The molecule has 4 rings (SSSR count). The molecule has 2 aromatic carbocycles. The van der Waals surface area contributed by atoms with Crippen LogP contribution in [-0.2, 0) is 6.54 Å². The van der Waals surface area contributed by atoms with Gasteiger partial charge in [0.15, 0.2) is 0 Å². The number of benzene rings is 2. The molecule has 1 aliphatic heterocycles. The lowest BCUT2D eigenvalue weighted by Crippen LogP contribution is -2.12. The standard InChI is InChI=1S/C19H18N2S/c1-13-18-10-16(20(2)3)6-5-15(18)12-21(13)17-7-4-14-8-9-22-19(14)11-17/h4-11H,1,12H2,2-3H3. The van der Waals surface area contributed by atoms with Crippen molar-refractivity contribution in [3.05, 3.63) is 65.6 Å². The number of thiophene rings is 1. The van der Waals surface area contributed by atoms with Crippen molar-refractivity contribution in [2.75, 3.05) is 23.9 Å². The summed E-state index contributed by atoms with van der Waals surface area (Å²) < 4.78 is 1.33. The Hall–Kier alpha value is -2.26. The fourth-order valence-corrected chi connectivity index (χ4v) is 3.84. The van der Waals surface area contributed by atoms with Gasteiger partial charge in [-0.2, -0.15) is 0 Å². The molecule has 2 nitrogen and oxygen atoms in total. The fourth-order valence-electron chi connectivity index (χ4n) is 3.02. The van der Waals surface area contributed by atoms with E-state index in [1.54, 1.807) is 11.3 Å². The molecular formula is C19H18N2S. The monoisotopic (exact) mass is 306 g/mol. The quantitative estimate of drug-likeness (QED) is 0.660. The first-order chi connectivity index (χ1) is 10.6. The molecule has 0 spiro atoms. The maximum Gasteiger partial charge on any atom is 0.0488 e. The van der Waals surface area contributed by atoms with Crippen LogP contribution >= 0.6 is 11.3 Å². The third-order valence-corrected chi connectivity index (χ3v) is 5.21. The van der Waals surface area contributed by atoms with Crippen molar-refractivity contribution >= 4 is 38.5 Å². The number of anilines is 2. The van der Waals surface area contributed by atoms with Crippen molar-refractivity contribution in [1.29, 1.82) is 0 Å². The van der Waals surface area contributed by atoms with E-state index in [9.17, 15) is 0 Å². The van der Waals surface area contributed by atoms with Gasteiger partial charge in [0.2, 0.25) is 0 Å². The number of nitrogens with zero attached hydrogens (tertiary/aromatic N) is 2. The molecule has 1 aliphatic rings. The molecule has 0 bridgehead atoms. The van der Waals surface area contributed by atoms with E-state index in [-0.39, 0.29) is 0 Å². The second-order valence-corrected chi connectivity index (χ2v) is 6.86. The molecule has 2 heterocycles. The lowest BCUT2D eigenvalue weighted by molar-refractivity contribution is 1.04. The van der Waals surface area contributed by atoms with Gasteiger partial charge in [-0.3, -0.25) is 0 Å². The maximum absolute atomic E-state index is 4.33. The van der Waals surface area contributed by atoms with Crippen LogP contribution in [0.1, 0.15) is 11.1 Å². The largest absolute Gasteiger partial charge is 0.378 e. The van der Waals surface area contributed by atoms with Gasteiger partial charge >= 0.3 is 0 Å². The van der Waals surface area contributed by atoms with E-state index < -0.39 is 0 Å². The molecule has 1 aromatic heterocycles. The Morgan fingerprint density at radius 2 is 1.95 bits per heavy atom. The van der Waals surface area contributed by atoms with Gasteiger partial charge in [-0.15, -0.1) is 11.3 Å². The van der Waals surface area contributed by atoms with Crippen LogP contribution in [0.3, 0.4) is 0 Å². The third kappa shape index (κ3) is 2.01. The van der Waals surface area contributed by atoms with Gasteiger partial charge in [0.25, 0.3) is 0 Å². The average Bonchev–Trinajstić information content (AvgIpc) is 3.11. The molecule has 0 atom stereocenters. The van der Waals surface area contributed by atoms with E-state index in [4.69, 9.17) is 0 Å². The zero-order chi connectivity index (χ0) is 15.3. The lowest BCUT2D eigenvalue weighted by atomic mass is 10.1. The van der Waals surface area contributed by atoms with Crippen molar-refractivity contribution in [3.8, 4) is 0 Å². The van der Waals surface area contributed by atoms with Crippen LogP contribution in [0.2, 0.25) is 0 Å². The normalized spacial score (nSPS) is 13.7. The Bertz CT molecular complexity index is 876. The molecule has 110 valence electrons. The summed E-state index contributed by atoms with van der Waals surface area (Å²) in [5.74, 6) is 0. The number of fused-ring (bicyclic) bond motifs is 2. The van der Waals surface area contributed by atoms with E-state index in [1.165, 1.54) is 32.6 Å². The van der Waals surface area contributed by atoms with E-state index in [2.05, 4.69) is 78.3 Å². The van der Waals surface area contributed by atoms with Gasteiger partial charge in [0, 0.05) is 48.0 Å². The van der Waals surface area contributed by atoms with Crippen LogP contribution in [0.4, 0.5) is 11.4 Å². The summed E-state index contributed by atoms with van der Waals surface area (Å²) in [6, 6.07) is 15.5. The highest BCUT2D eigenvalue weighted by Crippen LogP contribution is 2.38. The van der Waals surface area contributed by atoms with Crippen molar-refractivity contribution in [2.24, 2.45) is 0 Å². The molecule has 3 aromatic rings. The van der Waals surface area contributed by atoms with Gasteiger partial charge in [0.05, 0.1) is 0 Å². The summed E-state index contributed by atoms with van der Waals surface area (Å²) in [5.41, 5.74) is 6.15. The van der Waals surface area contributed by atoms with E-state index >= 15 is 0 Å². The SMILES string of the molecule is C=C1c2cc(N(C)C)ccc2CN1c1ccc2ccsc2c1. The summed E-state index contributed by atoms with van der Waals surface area (Å²) in [6.45, 7) is 5.23. The number of rotatable bonds is 2. The summed E-state index contributed by atoms with van der Waals surface area (Å²) >= 11 is 1.79. The smallest absolute Gasteiger partial charge is 0.0488 e. The third-order valence-electron chi connectivity index (χ3n) is 4.33.